The van der Waals surface area contributed by atoms with Gasteiger partial charge < -0.3 is 22.5 Å². The molecular weight excluding hydrogens is 164 g/mol. The lowest BCUT2D eigenvalue weighted by molar-refractivity contribution is -0.143. The lowest BCUT2D eigenvalue weighted by Crippen LogP contribution is -2.00. The van der Waals surface area contributed by atoms with E-state index in [0.717, 1.165) is 0 Å². The van der Waals surface area contributed by atoms with E-state index in [-0.39, 0.29) is 25.1 Å². The number of rotatable bonds is 3. The van der Waals surface area contributed by atoms with Gasteiger partial charge in [-0.2, -0.15) is 0 Å². The molecule has 0 amide bonds. The number of aliphatic carboxylic acids is 2. The van der Waals surface area contributed by atoms with E-state index in [4.69, 9.17) is 10.2 Å². The van der Waals surface area contributed by atoms with E-state index >= 15 is 0 Å². The Balaban J connectivity index is -0.0000000740. The smallest absolute Gasteiger partial charge is 0.303 e. The summed E-state index contributed by atoms with van der Waals surface area (Å²) in [6.07, 6.45) is -0.593. The summed E-state index contributed by atoms with van der Waals surface area (Å²) >= 11 is 0. The van der Waals surface area contributed by atoms with Crippen molar-refractivity contribution in [2.24, 2.45) is 0 Å². The normalized spacial score (nSPS) is 6.00. The molecule has 0 radical (unpaired) electrons. The monoisotopic (exact) mass is 180 g/mol. The summed E-state index contributed by atoms with van der Waals surface area (Å²) in [6.45, 7) is 6.00. The van der Waals surface area contributed by atoms with Crippen LogP contribution in [-0.2, 0) is 9.59 Å². The summed E-state index contributed by atoms with van der Waals surface area (Å²) in [6, 6.07) is 0. The lowest BCUT2D eigenvalue weighted by Gasteiger charge is -1.85. The van der Waals surface area contributed by atoms with Crippen molar-refractivity contribution < 1.29 is 19.8 Å². The third kappa shape index (κ3) is 38.3. The predicted octanol–water partition coefficient (Wildman–Crippen LogP) is 1.06. The van der Waals surface area contributed by atoms with E-state index < -0.39 is 11.9 Å². The summed E-state index contributed by atoms with van der Waals surface area (Å²) in [5, 5.41) is 15.8. The van der Waals surface area contributed by atoms with Crippen LogP contribution in [0.25, 0.3) is 0 Å². The minimum Gasteiger partial charge on any atom is -0.481 e. The Kier molecular flexibility index (Phi) is 30.5. The Labute approximate surface area is 71.1 Å². The average molecular weight is 180 g/mol. The van der Waals surface area contributed by atoms with Gasteiger partial charge in [-0.3, -0.25) is 9.59 Å². The second-order valence-electron chi connectivity index (χ2n) is 1.29. The zero-order chi connectivity index (χ0) is 8.57. The highest BCUT2D eigenvalue weighted by Crippen LogP contribution is 1.85. The molecule has 0 aliphatic carbocycles. The van der Waals surface area contributed by atoms with Gasteiger partial charge in [0.15, 0.2) is 0 Å². The molecule has 0 atom stereocenters. The molecule has 6 nitrogen and oxygen atoms in total. The summed E-state index contributed by atoms with van der Waals surface area (Å²) in [7, 11) is 0. The Hall–Kier alpha value is -1.40. The van der Waals surface area contributed by atoms with E-state index in [9.17, 15) is 9.59 Å². The van der Waals surface area contributed by atoms with Gasteiger partial charge in [0.2, 0.25) is 0 Å². The van der Waals surface area contributed by atoms with Crippen molar-refractivity contribution in [1.82, 2.24) is 12.3 Å². The first-order chi connectivity index (χ1) is 4.63. The van der Waals surface area contributed by atoms with Gasteiger partial charge in [0.25, 0.3) is 0 Å². The van der Waals surface area contributed by atoms with Gasteiger partial charge in [-0.15, -0.1) is 13.2 Å². The molecule has 0 aromatic carbocycles. The van der Waals surface area contributed by atoms with Gasteiger partial charge in [-0.25, -0.2) is 0 Å². The topological polar surface area (TPSA) is 145 Å². The first kappa shape index (κ1) is 22.4. The fraction of sp³-hybridized carbons (Fsp3) is 0.333. The molecular formula is C6H16N2O4. The molecule has 0 unspecified atom stereocenters. The van der Waals surface area contributed by atoms with E-state index in [1.807, 2.05) is 0 Å². The van der Waals surface area contributed by atoms with Gasteiger partial charge in [-0.1, -0.05) is 0 Å². The maximum atomic E-state index is 9.64. The molecule has 0 saturated heterocycles. The molecule has 0 saturated carbocycles. The third-order valence-electron chi connectivity index (χ3n) is 0.553. The number of carboxylic acids is 2. The highest BCUT2D eigenvalue weighted by molar-refractivity contribution is 5.75. The van der Waals surface area contributed by atoms with Crippen LogP contribution < -0.4 is 12.3 Å². The zero-order valence-electron chi connectivity index (χ0n) is 6.95. The van der Waals surface area contributed by atoms with Crippen LogP contribution in [-0.4, -0.2) is 22.2 Å². The summed E-state index contributed by atoms with van der Waals surface area (Å²) < 4.78 is 0. The van der Waals surface area contributed by atoms with Crippen LogP contribution in [0.5, 0.6) is 0 Å². The van der Waals surface area contributed by atoms with Crippen molar-refractivity contribution in [2.75, 3.05) is 0 Å². The molecule has 0 spiro atoms. The van der Waals surface area contributed by atoms with Crippen molar-refractivity contribution in [3.8, 4) is 0 Å². The molecule has 0 aliphatic rings. The Morgan fingerprint density at radius 1 is 0.917 bits per heavy atom. The Morgan fingerprint density at radius 3 is 1.17 bits per heavy atom. The van der Waals surface area contributed by atoms with Gasteiger partial charge in [0.1, 0.15) is 0 Å². The molecule has 0 bridgehead atoms. The maximum absolute atomic E-state index is 9.64. The SMILES string of the molecule is C=C.N.N.O=C(O)CCC(=O)O. The second-order valence-corrected chi connectivity index (χ2v) is 1.29. The molecule has 8 N–H and O–H groups in total. The first-order valence-electron chi connectivity index (χ1n) is 2.56. The van der Waals surface area contributed by atoms with Gasteiger partial charge >= 0.3 is 11.9 Å². The minimum absolute atomic E-state index is 0. The van der Waals surface area contributed by atoms with Crippen LogP contribution in [0.3, 0.4) is 0 Å². The second kappa shape index (κ2) is 16.3. The summed E-state index contributed by atoms with van der Waals surface area (Å²) in [5.74, 6) is -2.15. The van der Waals surface area contributed by atoms with Gasteiger partial charge in [-0.05, 0) is 0 Å². The average Bonchev–Trinajstić information content (AvgIpc) is 1.89. The van der Waals surface area contributed by atoms with Crippen LogP contribution in [0.2, 0.25) is 0 Å². The Bertz CT molecular complexity index is 113. The first-order valence-corrected chi connectivity index (χ1v) is 2.56. The minimum atomic E-state index is -1.08. The molecule has 0 fully saturated rings. The summed E-state index contributed by atoms with van der Waals surface area (Å²) in [5.41, 5.74) is 0. The van der Waals surface area contributed by atoms with E-state index in [2.05, 4.69) is 13.2 Å². The Morgan fingerprint density at radius 2 is 1.08 bits per heavy atom. The number of carbonyl (C=O) groups is 2. The van der Waals surface area contributed by atoms with E-state index in [1.54, 1.807) is 0 Å². The number of hydrogen-bond acceptors (Lipinski definition) is 4. The summed E-state index contributed by atoms with van der Waals surface area (Å²) in [4.78, 5) is 19.3. The molecule has 74 valence electrons. The molecule has 6 heteroatoms. The van der Waals surface area contributed by atoms with E-state index in [0.29, 0.717) is 0 Å². The van der Waals surface area contributed by atoms with Crippen LogP contribution in [0, 0.1) is 0 Å². The fourth-order valence-electron chi connectivity index (χ4n) is 0.214. The molecule has 0 aromatic rings. The molecule has 0 rings (SSSR count). The van der Waals surface area contributed by atoms with Gasteiger partial charge in [0, 0.05) is 0 Å². The van der Waals surface area contributed by atoms with Crippen molar-refractivity contribution in [3.63, 3.8) is 0 Å². The number of hydrogen-bond donors (Lipinski definition) is 4. The third-order valence-corrected chi connectivity index (χ3v) is 0.553. The van der Waals surface area contributed by atoms with Crippen molar-refractivity contribution in [1.29, 1.82) is 0 Å². The largest absolute Gasteiger partial charge is 0.481 e. The van der Waals surface area contributed by atoms with Crippen LogP contribution >= 0.6 is 0 Å². The van der Waals surface area contributed by atoms with E-state index in [1.165, 1.54) is 0 Å². The van der Waals surface area contributed by atoms with Crippen LogP contribution in [0.15, 0.2) is 13.2 Å². The molecule has 0 heterocycles. The zero-order valence-corrected chi connectivity index (χ0v) is 6.95. The standard InChI is InChI=1S/C4H6O4.C2H4.2H3N/c5-3(6)1-2-4(7)8;1-2;;/h1-2H2,(H,5,6)(H,7,8);1-2H2;2*1H3. The quantitative estimate of drug-likeness (QED) is 0.478. The van der Waals surface area contributed by atoms with Crippen molar-refractivity contribution in [3.05, 3.63) is 13.2 Å². The molecule has 0 aromatic heterocycles. The van der Waals surface area contributed by atoms with Crippen molar-refractivity contribution >= 4 is 11.9 Å². The van der Waals surface area contributed by atoms with Crippen molar-refractivity contribution in [2.45, 2.75) is 12.8 Å². The molecule has 12 heavy (non-hydrogen) atoms. The highest BCUT2D eigenvalue weighted by Gasteiger charge is 2.00. The lowest BCUT2D eigenvalue weighted by atomic mass is 10.3. The fourth-order valence-corrected chi connectivity index (χ4v) is 0.214. The highest BCUT2D eigenvalue weighted by atomic mass is 16.4. The van der Waals surface area contributed by atoms with Crippen LogP contribution in [0.1, 0.15) is 12.8 Å². The molecule has 0 aliphatic heterocycles. The van der Waals surface area contributed by atoms with Crippen LogP contribution in [0.4, 0.5) is 0 Å². The van der Waals surface area contributed by atoms with Gasteiger partial charge in [0.05, 0.1) is 12.8 Å². The maximum Gasteiger partial charge on any atom is 0.303 e. The number of carboxylic acid groups (broad SMARTS) is 2. The predicted molar refractivity (Wildman–Crippen MR) is 45.8 cm³/mol.